The first-order chi connectivity index (χ1) is 13.5. The van der Waals surface area contributed by atoms with Crippen LogP contribution in [0.2, 0.25) is 5.02 Å². The molecule has 1 aliphatic heterocycles. The van der Waals surface area contributed by atoms with E-state index in [1.54, 1.807) is 19.1 Å². The Morgan fingerprint density at radius 3 is 2.57 bits per heavy atom. The van der Waals surface area contributed by atoms with Crippen molar-refractivity contribution in [2.75, 3.05) is 0 Å². The van der Waals surface area contributed by atoms with Gasteiger partial charge in [0.2, 0.25) is 5.90 Å². The molecular formula is C22H18ClNO4. The number of hydrogen-bond acceptors (Lipinski definition) is 5. The summed E-state index contributed by atoms with van der Waals surface area (Å²) in [6.07, 6.45) is -0.511. The topological polar surface area (TPSA) is 68.1 Å². The molecule has 1 aliphatic rings. The number of rotatable bonds is 4. The molecule has 0 bridgehead atoms. The second kappa shape index (κ2) is 7.52. The Morgan fingerprint density at radius 2 is 1.82 bits per heavy atom. The van der Waals surface area contributed by atoms with Gasteiger partial charge in [-0.25, -0.2) is 9.79 Å². The zero-order valence-corrected chi connectivity index (χ0v) is 15.9. The minimum atomic E-state index is -0.802. The molecule has 0 fully saturated rings. The van der Waals surface area contributed by atoms with Gasteiger partial charge in [0.15, 0.2) is 6.04 Å². The molecule has 4 rings (SSSR count). The standard InChI is InChI=1S/C22H18ClNO4/c1-13-19(22(26)27-12-14-7-3-2-4-8-14)24-21(28-13)17-11-18(23)15-9-5-6-10-16(15)20(17)25/h2-11,13,19,25H,12H2,1H3/t13-,19-/m0/s1. The number of carbonyl (C=O) groups is 1. The molecular weight excluding hydrogens is 378 g/mol. The number of hydrogen-bond donors (Lipinski definition) is 1. The zero-order chi connectivity index (χ0) is 19.7. The van der Waals surface area contributed by atoms with Gasteiger partial charge in [0.25, 0.3) is 0 Å². The van der Waals surface area contributed by atoms with Crippen molar-refractivity contribution in [2.45, 2.75) is 25.7 Å². The van der Waals surface area contributed by atoms with E-state index in [0.29, 0.717) is 16.0 Å². The van der Waals surface area contributed by atoms with Crippen LogP contribution in [0.1, 0.15) is 18.1 Å². The molecule has 0 aromatic heterocycles. The van der Waals surface area contributed by atoms with Crippen molar-refractivity contribution >= 4 is 34.2 Å². The largest absolute Gasteiger partial charge is 0.506 e. The lowest BCUT2D eigenvalue weighted by Gasteiger charge is -2.13. The number of phenols is 1. The molecule has 5 nitrogen and oxygen atoms in total. The van der Waals surface area contributed by atoms with Crippen LogP contribution >= 0.6 is 11.6 Å². The summed E-state index contributed by atoms with van der Waals surface area (Å²) in [5.74, 6) is -0.277. The summed E-state index contributed by atoms with van der Waals surface area (Å²) < 4.78 is 11.1. The third-order valence-electron chi connectivity index (χ3n) is 4.66. The van der Waals surface area contributed by atoms with E-state index >= 15 is 0 Å². The third kappa shape index (κ3) is 3.41. The highest BCUT2D eigenvalue weighted by Crippen LogP contribution is 2.36. The summed E-state index contributed by atoms with van der Waals surface area (Å²) in [4.78, 5) is 16.8. The van der Waals surface area contributed by atoms with Gasteiger partial charge in [-0.1, -0.05) is 66.2 Å². The molecule has 0 unspecified atom stereocenters. The quantitative estimate of drug-likeness (QED) is 0.661. The van der Waals surface area contributed by atoms with Crippen molar-refractivity contribution in [3.63, 3.8) is 0 Å². The fourth-order valence-corrected chi connectivity index (χ4v) is 3.45. The van der Waals surface area contributed by atoms with Crippen molar-refractivity contribution < 1.29 is 19.4 Å². The van der Waals surface area contributed by atoms with Gasteiger partial charge in [0.05, 0.1) is 5.56 Å². The maximum atomic E-state index is 12.5. The molecule has 3 aromatic carbocycles. The Hall–Kier alpha value is -3.05. The molecule has 1 N–H and O–H groups in total. The fourth-order valence-electron chi connectivity index (χ4n) is 3.17. The van der Waals surface area contributed by atoms with Gasteiger partial charge in [-0.05, 0) is 18.6 Å². The third-order valence-corrected chi connectivity index (χ3v) is 4.97. The van der Waals surface area contributed by atoms with E-state index in [-0.39, 0.29) is 18.3 Å². The highest BCUT2D eigenvalue weighted by Gasteiger charge is 2.36. The maximum absolute atomic E-state index is 12.5. The van der Waals surface area contributed by atoms with Crippen molar-refractivity contribution in [3.8, 4) is 5.75 Å². The van der Waals surface area contributed by atoms with Gasteiger partial charge in [0.1, 0.15) is 18.5 Å². The summed E-state index contributed by atoms with van der Waals surface area (Å²) in [5.41, 5.74) is 1.25. The van der Waals surface area contributed by atoms with Crippen molar-refractivity contribution in [1.82, 2.24) is 0 Å². The van der Waals surface area contributed by atoms with Gasteiger partial charge in [0, 0.05) is 15.8 Å². The SMILES string of the molecule is C[C@@H]1OC(c2cc(Cl)c3ccccc3c2O)=N[C@@H]1C(=O)OCc1ccccc1. The van der Waals surface area contributed by atoms with Crippen LogP contribution in [0, 0.1) is 0 Å². The van der Waals surface area contributed by atoms with E-state index in [4.69, 9.17) is 21.1 Å². The van der Waals surface area contributed by atoms with Gasteiger partial charge >= 0.3 is 5.97 Å². The number of esters is 1. The van der Waals surface area contributed by atoms with Gasteiger partial charge in [-0.2, -0.15) is 0 Å². The van der Waals surface area contributed by atoms with E-state index in [1.807, 2.05) is 48.5 Å². The Bertz CT molecular complexity index is 1060. The molecule has 2 atom stereocenters. The van der Waals surface area contributed by atoms with E-state index in [0.717, 1.165) is 10.9 Å². The first kappa shape index (κ1) is 18.3. The summed E-state index contributed by atoms with van der Waals surface area (Å²) in [5, 5.41) is 12.5. The lowest BCUT2D eigenvalue weighted by Crippen LogP contribution is -2.29. The first-order valence-corrected chi connectivity index (χ1v) is 9.28. The number of aliphatic imine (C=N–C) groups is 1. The van der Waals surface area contributed by atoms with Crippen LogP contribution < -0.4 is 0 Å². The Kier molecular flexibility index (Phi) is 4.92. The van der Waals surface area contributed by atoms with Crippen LogP contribution in [0.3, 0.4) is 0 Å². The summed E-state index contributed by atoms with van der Waals surface area (Å²) in [6.45, 7) is 1.91. The molecule has 0 aliphatic carbocycles. The number of phenolic OH excluding ortho intramolecular Hbond substituents is 1. The van der Waals surface area contributed by atoms with Gasteiger partial charge in [-0.15, -0.1) is 0 Å². The van der Waals surface area contributed by atoms with Gasteiger partial charge in [-0.3, -0.25) is 0 Å². The smallest absolute Gasteiger partial charge is 0.335 e. The van der Waals surface area contributed by atoms with Crippen molar-refractivity contribution in [2.24, 2.45) is 4.99 Å². The second-order valence-corrected chi connectivity index (χ2v) is 7.00. The lowest BCUT2D eigenvalue weighted by molar-refractivity contribution is -0.147. The van der Waals surface area contributed by atoms with Crippen molar-refractivity contribution in [3.05, 3.63) is 76.8 Å². The van der Waals surface area contributed by atoms with Crippen LogP contribution in [-0.4, -0.2) is 29.1 Å². The molecule has 0 amide bonds. The molecule has 0 saturated carbocycles. The predicted molar refractivity (Wildman–Crippen MR) is 108 cm³/mol. The number of ether oxygens (including phenoxy) is 2. The number of aromatic hydroxyl groups is 1. The molecule has 142 valence electrons. The van der Waals surface area contributed by atoms with E-state index in [9.17, 15) is 9.90 Å². The molecule has 28 heavy (non-hydrogen) atoms. The fraction of sp³-hybridized carbons (Fsp3) is 0.182. The number of nitrogens with zero attached hydrogens (tertiary/aromatic N) is 1. The summed E-state index contributed by atoms with van der Waals surface area (Å²) in [7, 11) is 0. The van der Waals surface area contributed by atoms with Crippen LogP contribution in [0.25, 0.3) is 10.8 Å². The van der Waals surface area contributed by atoms with E-state index in [1.165, 1.54) is 0 Å². The van der Waals surface area contributed by atoms with Crippen LogP contribution in [-0.2, 0) is 20.9 Å². The zero-order valence-electron chi connectivity index (χ0n) is 15.1. The van der Waals surface area contributed by atoms with Gasteiger partial charge < -0.3 is 14.6 Å². The minimum absolute atomic E-state index is 0.0178. The normalized spacial score (nSPS) is 18.6. The maximum Gasteiger partial charge on any atom is 0.335 e. The highest BCUT2D eigenvalue weighted by atomic mass is 35.5. The molecule has 0 spiro atoms. The predicted octanol–water partition coefficient (Wildman–Crippen LogP) is 4.48. The number of carbonyl (C=O) groups excluding carboxylic acids is 1. The molecule has 0 radical (unpaired) electrons. The van der Waals surface area contributed by atoms with E-state index < -0.39 is 18.1 Å². The summed E-state index contributed by atoms with van der Waals surface area (Å²) in [6, 6.07) is 17.5. The highest BCUT2D eigenvalue weighted by molar-refractivity contribution is 6.36. The Labute approximate surface area is 167 Å². The second-order valence-electron chi connectivity index (χ2n) is 6.60. The minimum Gasteiger partial charge on any atom is -0.506 e. The average molecular weight is 396 g/mol. The van der Waals surface area contributed by atoms with Crippen molar-refractivity contribution in [1.29, 1.82) is 0 Å². The Morgan fingerprint density at radius 1 is 1.14 bits per heavy atom. The number of halogens is 1. The van der Waals surface area contributed by atoms with Crippen LogP contribution in [0.4, 0.5) is 0 Å². The van der Waals surface area contributed by atoms with Crippen LogP contribution in [0.15, 0.2) is 65.7 Å². The first-order valence-electron chi connectivity index (χ1n) is 8.90. The molecule has 6 heteroatoms. The average Bonchev–Trinajstić information content (AvgIpc) is 3.11. The monoisotopic (exact) mass is 395 g/mol. The number of benzene rings is 3. The molecule has 1 heterocycles. The number of fused-ring (bicyclic) bond motifs is 1. The molecule has 3 aromatic rings. The Balaban J connectivity index is 1.59. The molecule has 0 saturated heterocycles. The van der Waals surface area contributed by atoms with E-state index in [2.05, 4.69) is 4.99 Å². The van der Waals surface area contributed by atoms with Crippen LogP contribution in [0.5, 0.6) is 5.75 Å². The summed E-state index contributed by atoms with van der Waals surface area (Å²) >= 11 is 6.35. The lowest BCUT2D eigenvalue weighted by atomic mass is 10.1.